The molecule has 0 aliphatic carbocycles. The van der Waals surface area contributed by atoms with E-state index in [1.54, 1.807) is 0 Å². The Labute approximate surface area is 153 Å². The molecule has 3 aromatic rings. The second-order valence-electron chi connectivity index (χ2n) is 5.78. The second kappa shape index (κ2) is 6.38. The first-order valence-corrected chi connectivity index (χ1v) is 8.75. The number of nitrogens with one attached hydrogen (secondary N) is 2. The molecule has 0 atom stereocenters. The first kappa shape index (κ1) is 15.9. The van der Waals surface area contributed by atoms with Gasteiger partial charge in [0, 0.05) is 43.7 Å². The minimum absolute atomic E-state index is 0.371. The lowest BCUT2D eigenvalue weighted by Crippen LogP contribution is -2.28. The number of hydrogen-bond donors (Lipinski definition) is 3. The summed E-state index contributed by atoms with van der Waals surface area (Å²) in [6, 6.07) is 14.1. The third kappa shape index (κ3) is 2.73. The standard InChI is InChI=1S/C19H17BrN4O/c1-11-17(14-10-12(20)6-7-16(14)22-11)19-18(24-25-9-8-21)13-4-2-3-5-15(13)23-19/h2-7,10,22-23H,1,8-9,21H2/b19-17+,24-18+. The SMILES string of the molecule is C=c1[nH]c2ccc(Br)cc2/c1=C1/Nc2ccccc2/C1=N\OCCN. The van der Waals surface area contributed by atoms with Gasteiger partial charge in [0.1, 0.15) is 12.3 Å². The fourth-order valence-electron chi connectivity index (χ4n) is 3.07. The smallest absolute Gasteiger partial charge is 0.136 e. The van der Waals surface area contributed by atoms with Gasteiger partial charge in [-0.25, -0.2) is 0 Å². The Morgan fingerprint density at radius 2 is 2.04 bits per heavy atom. The zero-order valence-corrected chi connectivity index (χ0v) is 15.1. The number of rotatable bonds is 3. The molecule has 2 aromatic carbocycles. The number of nitrogens with zero attached hydrogens (tertiary/aromatic N) is 1. The van der Waals surface area contributed by atoms with Crippen molar-refractivity contribution < 1.29 is 4.84 Å². The van der Waals surface area contributed by atoms with Crippen LogP contribution in [0.3, 0.4) is 0 Å². The summed E-state index contributed by atoms with van der Waals surface area (Å²) in [6.07, 6.45) is 0. The Morgan fingerprint density at radius 3 is 2.88 bits per heavy atom. The van der Waals surface area contributed by atoms with Crippen molar-refractivity contribution in [2.24, 2.45) is 10.9 Å². The van der Waals surface area contributed by atoms with Gasteiger partial charge < -0.3 is 20.9 Å². The highest BCUT2D eigenvalue weighted by Gasteiger charge is 2.25. The lowest BCUT2D eigenvalue weighted by Gasteiger charge is -2.02. The van der Waals surface area contributed by atoms with Gasteiger partial charge in [-0.05, 0) is 24.3 Å². The Bertz CT molecular complexity index is 1100. The van der Waals surface area contributed by atoms with E-state index in [1.807, 2.05) is 36.4 Å². The molecule has 0 saturated carbocycles. The number of aromatic nitrogens is 1. The quantitative estimate of drug-likeness (QED) is 0.469. The van der Waals surface area contributed by atoms with Crippen molar-refractivity contribution >= 4 is 50.5 Å². The van der Waals surface area contributed by atoms with E-state index >= 15 is 0 Å². The van der Waals surface area contributed by atoms with Crippen LogP contribution in [0.5, 0.6) is 0 Å². The molecule has 0 amide bonds. The van der Waals surface area contributed by atoms with Crippen molar-refractivity contribution in [1.29, 1.82) is 0 Å². The van der Waals surface area contributed by atoms with E-state index in [4.69, 9.17) is 10.6 Å². The number of aromatic amines is 1. The third-order valence-electron chi connectivity index (χ3n) is 4.13. The van der Waals surface area contributed by atoms with E-state index in [2.05, 4.69) is 44.0 Å². The number of nitrogens with two attached hydrogens (primary N) is 1. The van der Waals surface area contributed by atoms with Gasteiger partial charge in [-0.15, -0.1) is 0 Å². The first-order valence-electron chi connectivity index (χ1n) is 7.96. The maximum Gasteiger partial charge on any atom is 0.136 e. The summed E-state index contributed by atoms with van der Waals surface area (Å²) < 4.78 is 1.01. The van der Waals surface area contributed by atoms with Crippen LogP contribution in [0.2, 0.25) is 0 Å². The fourth-order valence-corrected chi connectivity index (χ4v) is 3.43. The molecule has 126 valence electrons. The van der Waals surface area contributed by atoms with Gasteiger partial charge in [-0.1, -0.05) is 45.9 Å². The Balaban J connectivity index is 2.03. The van der Waals surface area contributed by atoms with Crippen LogP contribution >= 0.6 is 15.9 Å². The number of hydrogen-bond acceptors (Lipinski definition) is 4. The summed E-state index contributed by atoms with van der Waals surface area (Å²) in [5.74, 6) is 0. The van der Waals surface area contributed by atoms with E-state index in [0.717, 1.165) is 48.6 Å². The average molecular weight is 397 g/mol. The van der Waals surface area contributed by atoms with Crippen LogP contribution in [0.15, 0.2) is 52.1 Å². The van der Waals surface area contributed by atoms with Crippen molar-refractivity contribution in [3.05, 3.63) is 63.1 Å². The Hall–Kier alpha value is -2.57. The van der Waals surface area contributed by atoms with Gasteiger partial charge in [-0.3, -0.25) is 0 Å². The number of oxime groups is 1. The molecule has 2 heterocycles. The predicted octanol–water partition coefficient (Wildman–Crippen LogP) is 2.25. The van der Waals surface area contributed by atoms with Crippen molar-refractivity contribution in [3.63, 3.8) is 0 Å². The predicted molar refractivity (Wildman–Crippen MR) is 106 cm³/mol. The number of anilines is 1. The summed E-state index contributed by atoms with van der Waals surface area (Å²) >= 11 is 3.55. The molecule has 0 saturated heterocycles. The van der Waals surface area contributed by atoms with Crippen LogP contribution in [0.1, 0.15) is 5.56 Å². The van der Waals surface area contributed by atoms with E-state index in [1.165, 1.54) is 0 Å². The van der Waals surface area contributed by atoms with Gasteiger partial charge in [0.2, 0.25) is 0 Å². The second-order valence-corrected chi connectivity index (χ2v) is 6.69. The van der Waals surface area contributed by atoms with Gasteiger partial charge in [0.15, 0.2) is 0 Å². The van der Waals surface area contributed by atoms with Crippen molar-refractivity contribution in [2.45, 2.75) is 0 Å². The number of H-pyrrole nitrogens is 1. The normalized spacial score (nSPS) is 17.0. The lowest BCUT2D eigenvalue weighted by atomic mass is 10.1. The van der Waals surface area contributed by atoms with E-state index in [9.17, 15) is 0 Å². The molecule has 0 unspecified atom stereocenters. The van der Waals surface area contributed by atoms with Gasteiger partial charge >= 0.3 is 0 Å². The average Bonchev–Trinajstić information content (AvgIpc) is 3.11. The maximum absolute atomic E-state index is 5.52. The first-order chi connectivity index (χ1) is 12.2. The van der Waals surface area contributed by atoms with Gasteiger partial charge in [0.05, 0.1) is 5.70 Å². The molecule has 5 nitrogen and oxygen atoms in total. The largest absolute Gasteiger partial charge is 0.394 e. The van der Waals surface area contributed by atoms with Crippen LogP contribution in [0.25, 0.3) is 23.2 Å². The monoisotopic (exact) mass is 396 g/mol. The minimum atomic E-state index is 0.371. The minimum Gasteiger partial charge on any atom is -0.394 e. The molecule has 1 aliphatic heterocycles. The molecule has 4 N–H and O–H groups in total. The van der Waals surface area contributed by atoms with Crippen molar-refractivity contribution in [3.8, 4) is 0 Å². The molecule has 4 rings (SSSR count). The molecule has 0 spiro atoms. The molecule has 6 heteroatoms. The molecule has 0 bridgehead atoms. The van der Waals surface area contributed by atoms with Gasteiger partial charge in [0.25, 0.3) is 0 Å². The molecule has 1 aromatic heterocycles. The number of fused-ring (bicyclic) bond motifs is 2. The van der Waals surface area contributed by atoms with E-state index < -0.39 is 0 Å². The molecule has 1 aliphatic rings. The highest BCUT2D eigenvalue weighted by molar-refractivity contribution is 9.10. The van der Waals surface area contributed by atoms with E-state index in [0.29, 0.717) is 13.2 Å². The van der Waals surface area contributed by atoms with Crippen molar-refractivity contribution in [2.75, 3.05) is 18.5 Å². The summed E-state index contributed by atoms with van der Waals surface area (Å²) in [4.78, 5) is 8.73. The zero-order valence-electron chi connectivity index (χ0n) is 13.5. The highest BCUT2D eigenvalue weighted by Crippen LogP contribution is 2.29. The van der Waals surface area contributed by atoms with Crippen LogP contribution in [0.4, 0.5) is 5.69 Å². The maximum atomic E-state index is 5.52. The summed E-state index contributed by atoms with van der Waals surface area (Å²) in [5.41, 5.74) is 10.2. The van der Waals surface area contributed by atoms with Crippen LogP contribution in [-0.2, 0) is 4.84 Å². The summed E-state index contributed by atoms with van der Waals surface area (Å²) in [6.45, 7) is 4.97. The molecule has 0 fully saturated rings. The van der Waals surface area contributed by atoms with Crippen LogP contribution in [0, 0.1) is 0 Å². The Morgan fingerprint density at radius 1 is 1.20 bits per heavy atom. The molecule has 0 radical (unpaired) electrons. The topological polar surface area (TPSA) is 75.4 Å². The highest BCUT2D eigenvalue weighted by atomic mass is 79.9. The number of halogens is 1. The number of benzene rings is 2. The fraction of sp³-hybridized carbons (Fsp3) is 0.105. The number of para-hydroxylation sites is 1. The van der Waals surface area contributed by atoms with Crippen molar-refractivity contribution in [1.82, 2.24) is 4.98 Å². The van der Waals surface area contributed by atoms with Crippen LogP contribution < -0.4 is 21.6 Å². The Kier molecular flexibility index (Phi) is 4.07. The van der Waals surface area contributed by atoms with Gasteiger partial charge in [-0.2, -0.15) is 0 Å². The van der Waals surface area contributed by atoms with Crippen LogP contribution in [-0.4, -0.2) is 23.8 Å². The van der Waals surface area contributed by atoms with E-state index in [-0.39, 0.29) is 0 Å². The lowest BCUT2D eigenvalue weighted by molar-refractivity contribution is 0.153. The third-order valence-corrected chi connectivity index (χ3v) is 4.63. The summed E-state index contributed by atoms with van der Waals surface area (Å²) in [5, 5.41) is 10.7. The molecular formula is C19H17BrN4O. The molecular weight excluding hydrogens is 380 g/mol. The zero-order chi connectivity index (χ0) is 17.4. The summed E-state index contributed by atoms with van der Waals surface area (Å²) in [7, 11) is 0. The molecule has 25 heavy (non-hydrogen) atoms.